The molecule has 18 heavy (non-hydrogen) atoms. The number of nitrogens with zero attached hydrogens (tertiary/aromatic N) is 1. The van der Waals surface area contributed by atoms with Crippen LogP contribution < -0.4 is 0 Å². The molecule has 0 unspecified atom stereocenters. The van der Waals surface area contributed by atoms with Crippen molar-refractivity contribution in [3.05, 3.63) is 59.3 Å². The van der Waals surface area contributed by atoms with E-state index in [-0.39, 0.29) is 6.42 Å². The summed E-state index contributed by atoms with van der Waals surface area (Å²) in [6, 6.07) is 8.07. The summed E-state index contributed by atoms with van der Waals surface area (Å²) < 4.78 is 0. The van der Waals surface area contributed by atoms with Crippen LogP contribution in [0.15, 0.2) is 48.2 Å². The third-order valence-corrected chi connectivity index (χ3v) is 3.20. The van der Waals surface area contributed by atoms with E-state index in [1.807, 2.05) is 42.6 Å². The molecule has 0 amide bonds. The summed E-state index contributed by atoms with van der Waals surface area (Å²) in [7, 11) is 0. The van der Waals surface area contributed by atoms with Crippen molar-refractivity contribution < 1.29 is 9.90 Å². The minimum Gasteiger partial charge on any atom is -0.481 e. The predicted molar refractivity (Wildman–Crippen MR) is 70.5 cm³/mol. The maximum atomic E-state index is 10.9. The van der Waals surface area contributed by atoms with Gasteiger partial charge in [-0.05, 0) is 17.2 Å². The van der Waals surface area contributed by atoms with Crippen LogP contribution in [0.2, 0.25) is 0 Å². The van der Waals surface area contributed by atoms with E-state index in [0.29, 0.717) is 0 Å². The summed E-state index contributed by atoms with van der Waals surface area (Å²) in [6.07, 6.45) is 8.07. The molecule has 0 aliphatic carbocycles. The van der Waals surface area contributed by atoms with Gasteiger partial charge in [0.1, 0.15) is 0 Å². The van der Waals surface area contributed by atoms with E-state index < -0.39 is 5.97 Å². The van der Waals surface area contributed by atoms with Gasteiger partial charge < -0.3 is 10.0 Å². The molecule has 1 aromatic rings. The molecule has 0 saturated carbocycles. The Bertz CT molecular complexity index is 596. The molecule has 3 heteroatoms. The highest BCUT2D eigenvalue weighted by Gasteiger charge is 2.22. The van der Waals surface area contributed by atoms with Gasteiger partial charge in [-0.15, -0.1) is 0 Å². The van der Waals surface area contributed by atoms with Gasteiger partial charge in [-0.1, -0.05) is 36.4 Å². The highest BCUT2D eigenvalue weighted by molar-refractivity contribution is 5.84. The molecule has 0 bridgehead atoms. The van der Waals surface area contributed by atoms with Crippen molar-refractivity contribution in [2.24, 2.45) is 0 Å². The molecule has 1 aromatic carbocycles. The molecule has 0 aromatic heterocycles. The Morgan fingerprint density at radius 3 is 2.94 bits per heavy atom. The van der Waals surface area contributed by atoms with E-state index in [1.54, 1.807) is 0 Å². The molecule has 0 saturated heterocycles. The van der Waals surface area contributed by atoms with Crippen LogP contribution in [0, 0.1) is 0 Å². The average Bonchev–Trinajstić information content (AvgIpc) is 2.38. The van der Waals surface area contributed by atoms with Gasteiger partial charge >= 0.3 is 5.97 Å². The second-order valence-electron chi connectivity index (χ2n) is 4.40. The summed E-state index contributed by atoms with van der Waals surface area (Å²) in [5.74, 6) is -0.795. The minimum absolute atomic E-state index is 0.0600. The number of aliphatic carboxylic acids is 1. The first kappa shape index (κ1) is 10.8. The van der Waals surface area contributed by atoms with Crippen LogP contribution in [0.5, 0.6) is 0 Å². The number of benzene rings is 1. The summed E-state index contributed by atoms with van der Waals surface area (Å²) in [5, 5.41) is 9.00. The second kappa shape index (κ2) is 4.18. The van der Waals surface area contributed by atoms with Gasteiger partial charge in [-0.3, -0.25) is 4.79 Å². The Kier molecular flexibility index (Phi) is 2.52. The lowest BCUT2D eigenvalue weighted by Gasteiger charge is -2.31. The van der Waals surface area contributed by atoms with E-state index in [4.69, 9.17) is 5.11 Å². The molecule has 3 rings (SSSR count). The van der Waals surface area contributed by atoms with Gasteiger partial charge in [-0.25, -0.2) is 0 Å². The predicted octanol–water partition coefficient (Wildman–Crippen LogP) is 2.73. The Labute approximate surface area is 105 Å². The highest BCUT2D eigenvalue weighted by atomic mass is 16.4. The fourth-order valence-corrected chi connectivity index (χ4v) is 2.46. The second-order valence-corrected chi connectivity index (χ2v) is 4.40. The van der Waals surface area contributed by atoms with E-state index in [2.05, 4.69) is 11.0 Å². The molecule has 90 valence electrons. The standard InChI is InChI=1S/C15H13NO2/c17-14(18)10-12-5-3-8-16-9-7-11-4-1-2-6-13(11)15(12)16/h1-7,9H,8,10H2,(H,17,18). The molecule has 2 aliphatic rings. The molecule has 2 aliphatic heterocycles. The molecule has 0 atom stereocenters. The summed E-state index contributed by atoms with van der Waals surface area (Å²) in [4.78, 5) is 13.0. The van der Waals surface area contributed by atoms with Crippen LogP contribution in [-0.2, 0) is 4.79 Å². The number of fused-ring (bicyclic) bond motifs is 3. The molecule has 3 nitrogen and oxygen atoms in total. The van der Waals surface area contributed by atoms with E-state index in [1.165, 1.54) is 0 Å². The molecule has 1 N–H and O–H groups in total. The fraction of sp³-hybridized carbons (Fsp3) is 0.133. The zero-order valence-corrected chi connectivity index (χ0v) is 9.84. The van der Waals surface area contributed by atoms with Crippen molar-refractivity contribution >= 4 is 17.7 Å². The lowest BCUT2D eigenvalue weighted by molar-refractivity contribution is -0.136. The van der Waals surface area contributed by atoms with Crippen LogP contribution in [0.3, 0.4) is 0 Å². The van der Waals surface area contributed by atoms with Crippen molar-refractivity contribution in [2.45, 2.75) is 6.42 Å². The third kappa shape index (κ3) is 1.74. The number of carboxylic acid groups (broad SMARTS) is 1. The van der Waals surface area contributed by atoms with Crippen molar-refractivity contribution in [2.75, 3.05) is 6.54 Å². The van der Waals surface area contributed by atoms with Gasteiger partial charge in [0, 0.05) is 18.3 Å². The molecular weight excluding hydrogens is 226 g/mol. The quantitative estimate of drug-likeness (QED) is 0.862. The average molecular weight is 239 g/mol. The van der Waals surface area contributed by atoms with Crippen molar-refractivity contribution in [1.82, 2.24) is 4.90 Å². The zero-order chi connectivity index (χ0) is 12.5. The van der Waals surface area contributed by atoms with Crippen LogP contribution in [-0.4, -0.2) is 22.5 Å². The number of carboxylic acids is 1. The zero-order valence-electron chi connectivity index (χ0n) is 9.84. The lowest BCUT2D eigenvalue weighted by Crippen LogP contribution is -2.23. The first-order chi connectivity index (χ1) is 8.75. The Morgan fingerprint density at radius 1 is 1.28 bits per heavy atom. The lowest BCUT2D eigenvalue weighted by atomic mass is 9.93. The Balaban J connectivity index is 2.17. The highest BCUT2D eigenvalue weighted by Crippen LogP contribution is 2.34. The molecule has 0 fully saturated rings. The van der Waals surface area contributed by atoms with Crippen LogP contribution in [0.25, 0.3) is 11.8 Å². The van der Waals surface area contributed by atoms with Gasteiger partial charge in [0.25, 0.3) is 0 Å². The maximum absolute atomic E-state index is 10.9. The third-order valence-electron chi connectivity index (χ3n) is 3.20. The summed E-state index contributed by atoms with van der Waals surface area (Å²) in [6.45, 7) is 0.795. The van der Waals surface area contributed by atoms with E-state index in [0.717, 1.165) is 28.9 Å². The molecule has 2 heterocycles. The number of hydrogen-bond acceptors (Lipinski definition) is 2. The SMILES string of the molecule is O=C(O)CC1=C2c3ccccc3C=CN2CC=C1. The van der Waals surface area contributed by atoms with Crippen LogP contribution >= 0.6 is 0 Å². The van der Waals surface area contributed by atoms with E-state index in [9.17, 15) is 4.79 Å². The largest absolute Gasteiger partial charge is 0.481 e. The minimum atomic E-state index is -0.795. The fourth-order valence-electron chi connectivity index (χ4n) is 2.46. The normalized spacial score (nSPS) is 16.6. The number of allylic oxidation sites excluding steroid dienone is 1. The number of rotatable bonds is 2. The molecule has 0 radical (unpaired) electrons. The topological polar surface area (TPSA) is 40.5 Å². The van der Waals surface area contributed by atoms with Gasteiger partial charge in [0.2, 0.25) is 0 Å². The first-order valence-electron chi connectivity index (χ1n) is 5.91. The smallest absolute Gasteiger partial charge is 0.307 e. The maximum Gasteiger partial charge on any atom is 0.307 e. The van der Waals surface area contributed by atoms with E-state index >= 15 is 0 Å². The Hall–Kier alpha value is -2.29. The van der Waals surface area contributed by atoms with Crippen molar-refractivity contribution in [3.8, 4) is 0 Å². The summed E-state index contributed by atoms with van der Waals surface area (Å²) in [5.41, 5.74) is 4.14. The van der Waals surface area contributed by atoms with Gasteiger partial charge in [-0.2, -0.15) is 0 Å². The summed E-state index contributed by atoms with van der Waals surface area (Å²) >= 11 is 0. The number of carbonyl (C=O) groups is 1. The number of hydrogen-bond donors (Lipinski definition) is 1. The van der Waals surface area contributed by atoms with Crippen LogP contribution in [0.4, 0.5) is 0 Å². The Morgan fingerprint density at radius 2 is 2.11 bits per heavy atom. The van der Waals surface area contributed by atoms with Crippen LogP contribution in [0.1, 0.15) is 17.5 Å². The molecular formula is C15H13NO2. The molecule has 0 spiro atoms. The van der Waals surface area contributed by atoms with Gasteiger partial charge in [0.15, 0.2) is 0 Å². The monoisotopic (exact) mass is 239 g/mol. The first-order valence-corrected chi connectivity index (χ1v) is 5.91. The van der Waals surface area contributed by atoms with Gasteiger partial charge in [0.05, 0.1) is 12.1 Å². The van der Waals surface area contributed by atoms with Crippen molar-refractivity contribution in [3.63, 3.8) is 0 Å². The van der Waals surface area contributed by atoms with Crippen molar-refractivity contribution in [1.29, 1.82) is 0 Å².